The Bertz CT molecular complexity index is 587. The second kappa shape index (κ2) is 7.29. The minimum absolute atomic E-state index is 0.201. The molecule has 0 aliphatic carbocycles. The number of halogens is 4. The van der Waals surface area contributed by atoms with Gasteiger partial charge in [-0.05, 0) is 34.8 Å². The van der Waals surface area contributed by atoms with Crippen molar-refractivity contribution in [1.82, 2.24) is 15.2 Å². The molecule has 23 heavy (non-hydrogen) atoms. The topological polar surface area (TPSA) is 62.3 Å². The van der Waals surface area contributed by atoms with Gasteiger partial charge in [0.2, 0.25) is 5.91 Å². The van der Waals surface area contributed by atoms with Gasteiger partial charge in [-0.3, -0.25) is 14.6 Å². The summed E-state index contributed by atoms with van der Waals surface area (Å²) in [6.45, 7) is -0.667. The zero-order valence-corrected chi connectivity index (χ0v) is 13.7. The average molecular weight is 394 g/mol. The molecule has 1 aromatic heterocycles. The number of rotatable bonds is 3. The van der Waals surface area contributed by atoms with Gasteiger partial charge in [0.1, 0.15) is 6.54 Å². The van der Waals surface area contributed by atoms with E-state index in [0.717, 1.165) is 0 Å². The Morgan fingerprint density at radius 1 is 1.30 bits per heavy atom. The lowest BCUT2D eigenvalue weighted by Gasteiger charge is -2.31. The van der Waals surface area contributed by atoms with E-state index in [4.69, 9.17) is 0 Å². The summed E-state index contributed by atoms with van der Waals surface area (Å²) in [5.41, 5.74) is 0.430. The number of piperidine rings is 1. The van der Waals surface area contributed by atoms with Crippen LogP contribution in [0.1, 0.15) is 23.2 Å². The maximum atomic E-state index is 12.3. The Morgan fingerprint density at radius 2 is 1.96 bits per heavy atom. The van der Waals surface area contributed by atoms with Crippen LogP contribution in [0, 0.1) is 5.92 Å². The van der Waals surface area contributed by atoms with Gasteiger partial charge in [0.05, 0.1) is 5.56 Å². The number of aromatic nitrogens is 1. The molecule has 5 nitrogen and oxygen atoms in total. The molecule has 2 rings (SSSR count). The zero-order chi connectivity index (χ0) is 17.0. The van der Waals surface area contributed by atoms with Crippen molar-refractivity contribution in [3.05, 3.63) is 28.5 Å². The third-order valence-electron chi connectivity index (χ3n) is 3.57. The number of likely N-dealkylation sites (tertiary alicyclic amines) is 1. The fourth-order valence-corrected chi connectivity index (χ4v) is 2.75. The van der Waals surface area contributed by atoms with Crippen LogP contribution in [0.2, 0.25) is 0 Å². The van der Waals surface area contributed by atoms with E-state index in [1.54, 1.807) is 17.2 Å². The number of nitrogens with one attached hydrogen (secondary N) is 1. The molecule has 1 aliphatic heterocycles. The highest BCUT2D eigenvalue weighted by molar-refractivity contribution is 9.10. The number of nitrogens with zero attached hydrogens (tertiary/aromatic N) is 2. The zero-order valence-electron chi connectivity index (χ0n) is 12.1. The molecule has 2 amide bonds. The van der Waals surface area contributed by atoms with E-state index in [-0.39, 0.29) is 5.91 Å². The van der Waals surface area contributed by atoms with Gasteiger partial charge in [-0.25, -0.2) is 0 Å². The van der Waals surface area contributed by atoms with E-state index in [1.807, 2.05) is 5.32 Å². The van der Waals surface area contributed by atoms with E-state index >= 15 is 0 Å². The van der Waals surface area contributed by atoms with Crippen LogP contribution >= 0.6 is 15.9 Å². The molecule has 1 saturated heterocycles. The Kier molecular flexibility index (Phi) is 5.61. The van der Waals surface area contributed by atoms with Crippen LogP contribution in [0.25, 0.3) is 0 Å². The number of amides is 2. The van der Waals surface area contributed by atoms with Gasteiger partial charge in [-0.2, -0.15) is 13.2 Å². The second-order valence-corrected chi connectivity index (χ2v) is 6.21. The molecule has 0 spiro atoms. The Hall–Kier alpha value is -1.64. The van der Waals surface area contributed by atoms with Gasteiger partial charge < -0.3 is 10.2 Å². The molecule has 0 bridgehead atoms. The third-order valence-corrected chi connectivity index (χ3v) is 4.00. The molecule has 126 valence electrons. The monoisotopic (exact) mass is 393 g/mol. The molecule has 0 aromatic carbocycles. The summed E-state index contributed by atoms with van der Waals surface area (Å²) in [6.07, 6.45) is -0.711. The fraction of sp³-hybridized carbons (Fsp3) is 0.500. The Balaban J connectivity index is 1.86. The highest BCUT2D eigenvalue weighted by Gasteiger charge is 2.32. The number of alkyl halides is 3. The van der Waals surface area contributed by atoms with Crippen LogP contribution in [0.3, 0.4) is 0 Å². The molecule has 2 heterocycles. The van der Waals surface area contributed by atoms with Gasteiger partial charge in [0, 0.05) is 35.9 Å². The van der Waals surface area contributed by atoms with Crippen molar-refractivity contribution in [3.8, 4) is 0 Å². The van der Waals surface area contributed by atoms with Crippen LogP contribution < -0.4 is 5.32 Å². The first-order valence-electron chi connectivity index (χ1n) is 7.00. The SMILES string of the molecule is O=C(NCC(F)(F)F)C1CCN(C(=O)c2cncc(Br)c2)CC1. The lowest BCUT2D eigenvalue weighted by Crippen LogP contribution is -2.44. The lowest BCUT2D eigenvalue weighted by molar-refractivity contribution is -0.141. The van der Waals surface area contributed by atoms with E-state index in [2.05, 4.69) is 20.9 Å². The van der Waals surface area contributed by atoms with E-state index in [0.29, 0.717) is 36.0 Å². The minimum atomic E-state index is -4.42. The predicted octanol–water partition coefficient (Wildman–Crippen LogP) is 2.37. The molecule has 1 aromatic rings. The summed E-state index contributed by atoms with van der Waals surface area (Å²) < 4.78 is 37.0. The minimum Gasteiger partial charge on any atom is -0.347 e. The highest BCUT2D eigenvalue weighted by atomic mass is 79.9. The van der Waals surface area contributed by atoms with Crippen molar-refractivity contribution in [3.63, 3.8) is 0 Å². The fourth-order valence-electron chi connectivity index (χ4n) is 2.39. The van der Waals surface area contributed by atoms with Gasteiger partial charge in [0.15, 0.2) is 0 Å². The normalized spacial score (nSPS) is 16.3. The molecule has 0 atom stereocenters. The van der Waals surface area contributed by atoms with Gasteiger partial charge in [0.25, 0.3) is 5.91 Å². The smallest absolute Gasteiger partial charge is 0.347 e. The average Bonchev–Trinajstić information content (AvgIpc) is 2.51. The van der Waals surface area contributed by atoms with Crippen molar-refractivity contribution in [2.45, 2.75) is 19.0 Å². The maximum Gasteiger partial charge on any atom is 0.405 e. The number of hydrogen-bond acceptors (Lipinski definition) is 3. The van der Waals surface area contributed by atoms with Gasteiger partial charge >= 0.3 is 6.18 Å². The van der Waals surface area contributed by atoms with Gasteiger partial charge in [-0.1, -0.05) is 0 Å². The second-order valence-electron chi connectivity index (χ2n) is 5.29. The molecule has 1 aliphatic rings. The van der Waals surface area contributed by atoms with E-state index < -0.39 is 24.5 Å². The molecule has 0 unspecified atom stereocenters. The molecule has 1 N–H and O–H groups in total. The largest absolute Gasteiger partial charge is 0.405 e. The third kappa shape index (κ3) is 5.19. The summed E-state index contributed by atoms with van der Waals surface area (Å²) in [7, 11) is 0. The molecular formula is C14H15BrF3N3O2. The molecule has 0 radical (unpaired) electrons. The number of carbonyl (C=O) groups is 2. The lowest BCUT2D eigenvalue weighted by atomic mass is 9.95. The van der Waals surface area contributed by atoms with Crippen molar-refractivity contribution in [1.29, 1.82) is 0 Å². The first-order chi connectivity index (χ1) is 10.8. The van der Waals surface area contributed by atoms with Crippen LogP contribution in [0.15, 0.2) is 22.9 Å². The number of pyridine rings is 1. The molecular weight excluding hydrogens is 379 g/mol. The summed E-state index contributed by atoms with van der Waals surface area (Å²) in [6, 6.07) is 1.65. The van der Waals surface area contributed by atoms with Crippen LogP contribution in [-0.4, -0.2) is 47.5 Å². The summed E-state index contributed by atoms with van der Waals surface area (Å²) in [4.78, 5) is 29.5. The van der Waals surface area contributed by atoms with E-state index in [1.165, 1.54) is 6.20 Å². The quantitative estimate of drug-likeness (QED) is 0.857. The Labute approximate surface area is 139 Å². The first-order valence-corrected chi connectivity index (χ1v) is 7.80. The van der Waals surface area contributed by atoms with Crippen molar-refractivity contribution in [2.75, 3.05) is 19.6 Å². The van der Waals surface area contributed by atoms with Gasteiger partial charge in [-0.15, -0.1) is 0 Å². The number of carbonyl (C=O) groups excluding carboxylic acids is 2. The van der Waals surface area contributed by atoms with Crippen LogP contribution in [0.4, 0.5) is 13.2 Å². The summed E-state index contributed by atoms with van der Waals surface area (Å²) in [5, 5.41) is 1.89. The van der Waals surface area contributed by atoms with Crippen molar-refractivity contribution >= 4 is 27.7 Å². The van der Waals surface area contributed by atoms with Crippen LogP contribution in [0.5, 0.6) is 0 Å². The maximum absolute atomic E-state index is 12.3. The Morgan fingerprint density at radius 3 is 2.52 bits per heavy atom. The predicted molar refractivity (Wildman–Crippen MR) is 79.6 cm³/mol. The first kappa shape index (κ1) is 17.7. The molecule has 0 saturated carbocycles. The standard InChI is InChI=1S/C14H15BrF3N3O2/c15-11-5-10(6-19-7-11)13(23)21-3-1-9(2-4-21)12(22)20-8-14(16,17)18/h5-7,9H,1-4,8H2,(H,20,22). The van der Waals surface area contributed by atoms with Crippen LogP contribution in [-0.2, 0) is 4.79 Å². The van der Waals surface area contributed by atoms with Crippen molar-refractivity contribution < 1.29 is 22.8 Å². The molecule has 1 fully saturated rings. The summed E-state index contributed by atoms with van der Waals surface area (Å²) >= 11 is 3.24. The van der Waals surface area contributed by atoms with Crippen molar-refractivity contribution in [2.24, 2.45) is 5.92 Å². The number of hydrogen-bond donors (Lipinski definition) is 1. The van der Waals surface area contributed by atoms with E-state index in [9.17, 15) is 22.8 Å². The summed E-state index contributed by atoms with van der Waals surface area (Å²) in [5.74, 6) is -1.31. The highest BCUT2D eigenvalue weighted by Crippen LogP contribution is 2.21. The molecule has 9 heteroatoms.